The van der Waals surface area contributed by atoms with Gasteiger partial charge in [0.05, 0.1) is 6.61 Å². The standard InChI is InChI=1S/C11H15N3O3/c1-7(6-15)13-10(16)8-2-4-9(5-3-8)14-11(12)17/h2-5,7,15H,6H2,1H3,(H,13,16)(H3,12,14,17). The van der Waals surface area contributed by atoms with E-state index >= 15 is 0 Å². The van der Waals surface area contributed by atoms with Gasteiger partial charge in [0.2, 0.25) is 0 Å². The Balaban J connectivity index is 2.67. The van der Waals surface area contributed by atoms with E-state index in [1.807, 2.05) is 0 Å². The normalized spacial score (nSPS) is 11.6. The number of carbonyl (C=O) groups is 2. The second kappa shape index (κ2) is 5.86. The van der Waals surface area contributed by atoms with Crippen molar-refractivity contribution in [3.05, 3.63) is 29.8 Å². The molecule has 3 amide bonds. The number of anilines is 1. The monoisotopic (exact) mass is 237 g/mol. The molecule has 1 aromatic rings. The van der Waals surface area contributed by atoms with Crippen LogP contribution in [0.25, 0.3) is 0 Å². The zero-order chi connectivity index (χ0) is 12.8. The topological polar surface area (TPSA) is 104 Å². The van der Waals surface area contributed by atoms with Crippen molar-refractivity contribution in [1.29, 1.82) is 0 Å². The number of nitrogens with two attached hydrogens (primary N) is 1. The fraction of sp³-hybridized carbons (Fsp3) is 0.273. The number of aliphatic hydroxyl groups is 1. The molecule has 0 aliphatic rings. The highest BCUT2D eigenvalue weighted by molar-refractivity contribution is 5.95. The molecule has 0 radical (unpaired) electrons. The summed E-state index contributed by atoms with van der Waals surface area (Å²) < 4.78 is 0. The predicted molar refractivity (Wildman–Crippen MR) is 63.7 cm³/mol. The van der Waals surface area contributed by atoms with Crippen LogP contribution >= 0.6 is 0 Å². The van der Waals surface area contributed by atoms with Gasteiger partial charge in [-0.2, -0.15) is 0 Å². The molecular formula is C11H15N3O3. The van der Waals surface area contributed by atoms with E-state index in [-0.39, 0.29) is 18.6 Å². The van der Waals surface area contributed by atoms with Crippen LogP contribution < -0.4 is 16.4 Å². The molecule has 0 heterocycles. The van der Waals surface area contributed by atoms with Crippen molar-refractivity contribution in [3.8, 4) is 0 Å². The zero-order valence-corrected chi connectivity index (χ0v) is 9.43. The van der Waals surface area contributed by atoms with Crippen LogP contribution in [0, 0.1) is 0 Å². The lowest BCUT2D eigenvalue weighted by atomic mass is 10.2. The quantitative estimate of drug-likeness (QED) is 0.604. The van der Waals surface area contributed by atoms with Crippen LogP contribution in [0.5, 0.6) is 0 Å². The zero-order valence-electron chi connectivity index (χ0n) is 9.43. The number of hydrogen-bond acceptors (Lipinski definition) is 3. The molecule has 0 saturated heterocycles. The maximum absolute atomic E-state index is 11.6. The van der Waals surface area contributed by atoms with Gasteiger partial charge in [-0.25, -0.2) is 4.79 Å². The molecule has 0 fully saturated rings. The number of rotatable bonds is 4. The molecule has 0 saturated carbocycles. The summed E-state index contributed by atoms with van der Waals surface area (Å²) in [5, 5.41) is 13.8. The SMILES string of the molecule is CC(CO)NC(=O)c1ccc(NC(N)=O)cc1. The summed E-state index contributed by atoms with van der Waals surface area (Å²) in [6.07, 6.45) is 0. The Morgan fingerprint density at radius 1 is 1.35 bits per heavy atom. The van der Waals surface area contributed by atoms with Crippen LogP contribution in [0.2, 0.25) is 0 Å². The molecule has 0 aliphatic carbocycles. The van der Waals surface area contributed by atoms with Crippen LogP contribution in [0.15, 0.2) is 24.3 Å². The van der Waals surface area contributed by atoms with E-state index in [0.717, 1.165) is 0 Å². The van der Waals surface area contributed by atoms with Crippen LogP contribution in [0.1, 0.15) is 17.3 Å². The lowest BCUT2D eigenvalue weighted by Gasteiger charge is -2.10. The molecule has 1 rings (SSSR count). The minimum Gasteiger partial charge on any atom is -0.394 e. The molecular weight excluding hydrogens is 222 g/mol. The summed E-state index contributed by atoms with van der Waals surface area (Å²) in [7, 11) is 0. The molecule has 92 valence electrons. The van der Waals surface area contributed by atoms with Crippen molar-refractivity contribution in [2.75, 3.05) is 11.9 Å². The minimum atomic E-state index is -0.656. The van der Waals surface area contributed by atoms with Crippen LogP contribution in [-0.2, 0) is 0 Å². The molecule has 1 atom stereocenters. The average Bonchev–Trinajstić information content (AvgIpc) is 2.28. The van der Waals surface area contributed by atoms with Crippen molar-refractivity contribution in [3.63, 3.8) is 0 Å². The molecule has 17 heavy (non-hydrogen) atoms. The van der Waals surface area contributed by atoms with E-state index < -0.39 is 6.03 Å². The third-order valence-electron chi connectivity index (χ3n) is 2.07. The van der Waals surface area contributed by atoms with Gasteiger partial charge >= 0.3 is 6.03 Å². The van der Waals surface area contributed by atoms with Crippen LogP contribution in [0.3, 0.4) is 0 Å². The fourth-order valence-corrected chi connectivity index (χ4v) is 1.20. The van der Waals surface area contributed by atoms with Gasteiger partial charge < -0.3 is 21.5 Å². The highest BCUT2D eigenvalue weighted by Gasteiger charge is 2.08. The van der Waals surface area contributed by atoms with Crippen molar-refractivity contribution in [2.24, 2.45) is 5.73 Å². The van der Waals surface area contributed by atoms with Gasteiger partial charge in [0, 0.05) is 17.3 Å². The third kappa shape index (κ3) is 4.12. The van der Waals surface area contributed by atoms with Gasteiger partial charge in [0.25, 0.3) is 5.91 Å². The number of nitrogens with one attached hydrogen (secondary N) is 2. The lowest BCUT2D eigenvalue weighted by Crippen LogP contribution is -2.34. The first-order valence-electron chi connectivity index (χ1n) is 5.11. The summed E-state index contributed by atoms with van der Waals surface area (Å²) in [6.45, 7) is 1.58. The first-order chi connectivity index (χ1) is 8.02. The van der Waals surface area contributed by atoms with Crippen LogP contribution in [-0.4, -0.2) is 29.7 Å². The highest BCUT2D eigenvalue weighted by Crippen LogP contribution is 2.09. The van der Waals surface area contributed by atoms with Gasteiger partial charge in [-0.3, -0.25) is 4.79 Å². The maximum Gasteiger partial charge on any atom is 0.316 e. The smallest absolute Gasteiger partial charge is 0.316 e. The molecule has 0 bridgehead atoms. The molecule has 1 unspecified atom stereocenters. The lowest BCUT2D eigenvalue weighted by molar-refractivity contribution is 0.0922. The van der Waals surface area contributed by atoms with Crippen molar-refractivity contribution >= 4 is 17.6 Å². The van der Waals surface area contributed by atoms with E-state index in [0.29, 0.717) is 11.3 Å². The van der Waals surface area contributed by atoms with E-state index in [1.165, 1.54) is 0 Å². The molecule has 6 heteroatoms. The Kier molecular flexibility index (Phi) is 4.47. The largest absolute Gasteiger partial charge is 0.394 e. The number of urea groups is 1. The Morgan fingerprint density at radius 2 is 1.94 bits per heavy atom. The summed E-state index contributed by atoms with van der Waals surface area (Å²) in [5.74, 6) is -0.280. The van der Waals surface area contributed by atoms with E-state index in [4.69, 9.17) is 10.8 Å². The van der Waals surface area contributed by atoms with Gasteiger partial charge in [-0.05, 0) is 31.2 Å². The number of aliphatic hydroxyl groups excluding tert-OH is 1. The van der Waals surface area contributed by atoms with E-state index in [9.17, 15) is 9.59 Å². The average molecular weight is 237 g/mol. The molecule has 0 aliphatic heterocycles. The Morgan fingerprint density at radius 3 is 2.41 bits per heavy atom. The van der Waals surface area contributed by atoms with Crippen molar-refractivity contribution < 1.29 is 14.7 Å². The first-order valence-corrected chi connectivity index (χ1v) is 5.11. The maximum atomic E-state index is 11.6. The summed E-state index contributed by atoms with van der Waals surface area (Å²) in [5.41, 5.74) is 5.91. The minimum absolute atomic E-state index is 0.118. The predicted octanol–water partition coefficient (Wildman–Crippen LogP) is 0.288. The third-order valence-corrected chi connectivity index (χ3v) is 2.07. The number of amides is 3. The van der Waals surface area contributed by atoms with E-state index in [2.05, 4.69) is 10.6 Å². The van der Waals surface area contributed by atoms with Gasteiger partial charge in [-0.15, -0.1) is 0 Å². The van der Waals surface area contributed by atoms with Gasteiger partial charge in [-0.1, -0.05) is 0 Å². The van der Waals surface area contributed by atoms with Crippen molar-refractivity contribution in [1.82, 2.24) is 5.32 Å². The second-order valence-electron chi connectivity index (χ2n) is 3.62. The Bertz CT molecular complexity index is 403. The number of hydrogen-bond donors (Lipinski definition) is 4. The van der Waals surface area contributed by atoms with E-state index in [1.54, 1.807) is 31.2 Å². The van der Waals surface area contributed by atoms with Crippen LogP contribution in [0.4, 0.5) is 10.5 Å². The Labute approximate surface area is 98.8 Å². The number of benzene rings is 1. The summed E-state index contributed by atoms with van der Waals surface area (Å²) in [4.78, 5) is 22.2. The molecule has 0 spiro atoms. The molecule has 5 N–H and O–H groups in total. The first kappa shape index (κ1) is 13.0. The molecule has 1 aromatic carbocycles. The molecule has 6 nitrogen and oxygen atoms in total. The van der Waals surface area contributed by atoms with Crippen molar-refractivity contribution in [2.45, 2.75) is 13.0 Å². The second-order valence-corrected chi connectivity index (χ2v) is 3.62. The highest BCUT2D eigenvalue weighted by atomic mass is 16.3. The molecule has 0 aromatic heterocycles. The van der Waals surface area contributed by atoms with Gasteiger partial charge in [0.15, 0.2) is 0 Å². The fourth-order valence-electron chi connectivity index (χ4n) is 1.20. The number of carbonyl (C=O) groups excluding carboxylic acids is 2. The Hall–Kier alpha value is -2.08. The summed E-state index contributed by atoms with van der Waals surface area (Å²) in [6, 6.07) is 5.31. The summed E-state index contributed by atoms with van der Waals surface area (Å²) >= 11 is 0. The number of primary amides is 1. The van der Waals surface area contributed by atoms with Gasteiger partial charge in [0.1, 0.15) is 0 Å².